The summed E-state index contributed by atoms with van der Waals surface area (Å²) in [6, 6.07) is 0. The molecule has 2 aliphatic heterocycles. The van der Waals surface area contributed by atoms with Gasteiger partial charge in [0.1, 0.15) is 31.0 Å². The van der Waals surface area contributed by atoms with E-state index < -0.39 is 43.2 Å². The lowest BCUT2D eigenvalue weighted by atomic mass is 9.72. The maximum Gasteiger partial charge on any atom is 0.309 e. The highest BCUT2D eigenvalue weighted by Crippen LogP contribution is 2.57. The Bertz CT molecular complexity index is 1340. The molecule has 3 heterocycles. The van der Waals surface area contributed by atoms with Crippen molar-refractivity contribution in [3.63, 3.8) is 0 Å². The number of aliphatic hydroxyl groups excluding tert-OH is 4. The van der Waals surface area contributed by atoms with Gasteiger partial charge in [-0.05, 0) is 44.7 Å². The van der Waals surface area contributed by atoms with Crippen molar-refractivity contribution in [2.45, 2.75) is 68.7 Å². The van der Waals surface area contributed by atoms with Crippen LogP contribution in [0.1, 0.15) is 48.3 Å². The van der Waals surface area contributed by atoms with E-state index in [9.17, 15) is 30.0 Å². The molecule has 13 heteroatoms. The fourth-order valence-electron chi connectivity index (χ4n) is 7.06. The Morgan fingerprint density at radius 1 is 1.14 bits per heavy atom. The first-order chi connectivity index (χ1) is 20.3. The molecule has 0 radical (unpaired) electrons. The number of carbonyl (C=O) groups excluding carboxylic acids is 2. The first-order valence-corrected chi connectivity index (χ1v) is 14.6. The van der Waals surface area contributed by atoms with Gasteiger partial charge in [-0.3, -0.25) is 9.59 Å². The summed E-state index contributed by atoms with van der Waals surface area (Å²) in [6.07, 6.45) is -4.65. The number of hydrogen-bond acceptors (Lipinski definition) is 12. The van der Waals surface area contributed by atoms with Crippen LogP contribution in [0.2, 0.25) is 0 Å². The second-order valence-corrected chi connectivity index (χ2v) is 11.5. The molecule has 13 nitrogen and oxygen atoms in total. The van der Waals surface area contributed by atoms with Gasteiger partial charge >= 0.3 is 5.97 Å². The smallest absolute Gasteiger partial charge is 0.309 e. The molecule has 6 rings (SSSR count). The molecule has 9 unspecified atom stereocenters. The summed E-state index contributed by atoms with van der Waals surface area (Å²) in [5.41, 5.74) is 2.85. The topological polar surface area (TPSA) is 189 Å². The monoisotopic (exact) mass is 590 g/mol. The van der Waals surface area contributed by atoms with Gasteiger partial charge in [-0.15, -0.1) is 0 Å². The van der Waals surface area contributed by atoms with Crippen LogP contribution in [-0.2, 0) is 25.5 Å². The third-order valence-electron chi connectivity index (χ3n) is 9.09. The average molecular weight is 591 g/mol. The number of esters is 1. The van der Waals surface area contributed by atoms with Crippen LogP contribution in [0.15, 0.2) is 10.7 Å². The highest BCUT2D eigenvalue weighted by atomic mass is 16.7. The molecule has 2 aliphatic carbocycles. The minimum absolute atomic E-state index is 0.0368. The molecule has 2 aromatic rings. The normalized spacial score (nSPS) is 33.6. The van der Waals surface area contributed by atoms with Gasteiger partial charge in [-0.25, -0.2) is 0 Å². The Morgan fingerprint density at radius 2 is 1.95 bits per heavy atom. The molecule has 0 saturated carbocycles. The molecule has 9 atom stereocenters. The minimum atomic E-state index is -1.66. The zero-order valence-electron chi connectivity index (χ0n) is 23.6. The standard InChI is InChI=1S/C29H38N2O11/c1-3-38-28(37)13-6-12-7-14-16(9-31-27(14)36)17-11-40-25-20(17)19(12)15(8-13)24(26(25)39-5-4-30-2)42-29-23(35)22(34)21(33)18(10-32)41-29/h11-14,16,18,21-23,29-30,32-35H,3-10H2,1-2H3,(H,31,36). The van der Waals surface area contributed by atoms with Gasteiger partial charge in [0.15, 0.2) is 11.3 Å². The zero-order valence-corrected chi connectivity index (χ0v) is 23.6. The zero-order chi connectivity index (χ0) is 29.7. The predicted octanol–water partition coefficient (Wildman–Crippen LogP) is -0.348. The van der Waals surface area contributed by atoms with Gasteiger partial charge in [0.05, 0.1) is 25.4 Å². The molecular weight excluding hydrogens is 552 g/mol. The Hall–Kier alpha value is -2.94. The molecule has 6 N–H and O–H groups in total. The van der Waals surface area contributed by atoms with E-state index in [2.05, 4.69) is 10.6 Å². The minimum Gasteiger partial charge on any atom is -0.485 e. The summed E-state index contributed by atoms with van der Waals surface area (Å²) >= 11 is 0. The Morgan fingerprint density at radius 3 is 2.69 bits per heavy atom. The number of carbonyl (C=O) groups is 2. The number of ether oxygens (including phenoxy) is 4. The molecule has 4 aliphatic rings. The number of aliphatic hydroxyl groups is 4. The van der Waals surface area contributed by atoms with E-state index >= 15 is 0 Å². The van der Waals surface area contributed by atoms with Crippen LogP contribution >= 0.6 is 0 Å². The van der Waals surface area contributed by atoms with Crippen LogP contribution in [0.3, 0.4) is 0 Å². The number of amides is 1. The lowest BCUT2D eigenvalue weighted by Gasteiger charge is -2.40. The van der Waals surface area contributed by atoms with Crippen molar-refractivity contribution in [3.05, 3.63) is 23.0 Å². The molecule has 1 aromatic heterocycles. The van der Waals surface area contributed by atoms with Crippen molar-refractivity contribution in [1.29, 1.82) is 0 Å². The Kier molecular flexibility index (Phi) is 8.07. The Balaban J connectivity index is 1.54. The van der Waals surface area contributed by atoms with Crippen molar-refractivity contribution >= 4 is 22.8 Å². The molecule has 2 saturated heterocycles. The molecule has 0 bridgehead atoms. The summed E-state index contributed by atoms with van der Waals surface area (Å²) in [4.78, 5) is 26.1. The SMILES string of the molecule is CCOC(=O)C1Cc2c(OC3OC(CO)C(O)C(O)C3O)c(OCCNC)c3occ4c3c2C(C1)CC1C(=O)NCC41. The highest BCUT2D eigenvalue weighted by Gasteiger charge is 2.49. The Labute approximate surface area is 242 Å². The van der Waals surface area contributed by atoms with E-state index in [1.54, 1.807) is 20.2 Å². The molecule has 1 aromatic carbocycles. The maximum absolute atomic E-state index is 13.1. The third kappa shape index (κ3) is 4.72. The van der Waals surface area contributed by atoms with E-state index in [0.717, 1.165) is 16.5 Å². The van der Waals surface area contributed by atoms with Crippen LogP contribution in [0, 0.1) is 11.8 Å². The van der Waals surface area contributed by atoms with Crippen LogP contribution in [0.25, 0.3) is 11.0 Å². The van der Waals surface area contributed by atoms with Crippen molar-refractivity contribution in [3.8, 4) is 11.5 Å². The first kappa shape index (κ1) is 29.1. The molecule has 2 fully saturated rings. The quantitative estimate of drug-likeness (QED) is 0.165. The van der Waals surface area contributed by atoms with Crippen LogP contribution in [-0.4, -0.2) is 103 Å². The molecule has 0 spiro atoms. The number of furan rings is 1. The molecule has 42 heavy (non-hydrogen) atoms. The van der Waals surface area contributed by atoms with Gasteiger partial charge in [-0.2, -0.15) is 0 Å². The van der Waals surface area contributed by atoms with Crippen molar-refractivity contribution < 1.29 is 53.4 Å². The fraction of sp³-hybridized carbons (Fsp3) is 0.655. The second kappa shape index (κ2) is 11.6. The van der Waals surface area contributed by atoms with Crippen molar-refractivity contribution in [1.82, 2.24) is 10.6 Å². The number of rotatable bonds is 9. The summed E-state index contributed by atoms with van der Waals surface area (Å²) in [5.74, 6) is -1.13. The van der Waals surface area contributed by atoms with Crippen LogP contribution in [0.5, 0.6) is 11.5 Å². The van der Waals surface area contributed by atoms with E-state index in [-0.39, 0.29) is 60.8 Å². The summed E-state index contributed by atoms with van der Waals surface area (Å²) < 4.78 is 29.8. The van der Waals surface area contributed by atoms with E-state index in [4.69, 9.17) is 23.4 Å². The van der Waals surface area contributed by atoms with E-state index in [1.165, 1.54) is 0 Å². The number of fused-ring (bicyclic) bond motifs is 2. The van der Waals surface area contributed by atoms with E-state index in [0.29, 0.717) is 37.1 Å². The van der Waals surface area contributed by atoms with Crippen molar-refractivity contribution in [2.75, 3.05) is 40.0 Å². The number of benzene rings is 1. The average Bonchev–Trinajstić information content (AvgIpc) is 3.53. The molecule has 1 amide bonds. The predicted molar refractivity (Wildman–Crippen MR) is 145 cm³/mol. The lowest BCUT2D eigenvalue weighted by Crippen LogP contribution is -2.60. The largest absolute Gasteiger partial charge is 0.485 e. The summed E-state index contributed by atoms with van der Waals surface area (Å²) in [6.45, 7) is 2.53. The second-order valence-electron chi connectivity index (χ2n) is 11.5. The van der Waals surface area contributed by atoms with Crippen molar-refractivity contribution in [2.24, 2.45) is 11.8 Å². The van der Waals surface area contributed by atoms with Gasteiger partial charge in [0, 0.05) is 41.4 Å². The number of likely N-dealkylation sites (N-methyl/N-ethyl adjacent to an activating group) is 1. The molecule has 230 valence electrons. The molecular formula is C29H38N2O11. The first-order valence-electron chi connectivity index (χ1n) is 14.6. The van der Waals surface area contributed by atoms with Crippen LogP contribution in [0.4, 0.5) is 0 Å². The van der Waals surface area contributed by atoms with E-state index in [1.807, 2.05) is 0 Å². The third-order valence-corrected chi connectivity index (χ3v) is 9.09. The fourth-order valence-corrected chi connectivity index (χ4v) is 7.06. The number of nitrogens with one attached hydrogen (secondary N) is 2. The maximum atomic E-state index is 13.1. The van der Waals surface area contributed by atoms with Crippen LogP contribution < -0.4 is 20.1 Å². The van der Waals surface area contributed by atoms with Gasteiger partial charge in [-0.1, -0.05) is 0 Å². The van der Waals surface area contributed by atoms with Gasteiger partial charge < -0.3 is 54.4 Å². The summed E-state index contributed by atoms with van der Waals surface area (Å²) in [5, 5.41) is 48.2. The summed E-state index contributed by atoms with van der Waals surface area (Å²) in [7, 11) is 1.78. The lowest BCUT2D eigenvalue weighted by molar-refractivity contribution is -0.277. The van der Waals surface area contributed by atoms with Gasteiger partial charge in [0.2, 0.25) is 17.9 Å². The number of hydrogen-bond donors (Lipinski definition) is 6. The van der Waals surface area contributed by atoms with Gasteiger partial charge in [0.25, 0.3) is 0 Å². The highest BCUT2D eigenvalue weighted by molar-refractivity contribution is 5.97.